The highest BCUT2D eigenvalue weighted by Crippen LogP contribution is 2.30. The Hall–Kier alpha value is -4.23. The number of Topliss-reactive ketones (excluding diaryl/α,β-unsaturated/α-hetero) is 1. The van der Waals surface area contributed by atoms with Crippen LogP contribution in [0.3, 0.4) is 0 Å². The van der Waals surface area contributed by atoms with Gasteiger partial charge in [-0.1, -0.05) is 91.7 Å². The number of aromatic nitrogens is 1. The van der Waals surface area contributed by atoms with Gasteiger partial charge in [-0.05, 0) is 61.8 Å². The molecule has 0 saturated carbocycles. The summed E-state index contributed by atoms with van der Waals surface area (Å²) in [5.41, 5.74) is 5.57. The molecule has 7 heteroatoms. The molecule has 1 aromatic heterocycles. The molecule has 43 heavy (non-hydrogen) atoms. The van der Waals surface area contributed by atoms with Crippen LogP contribution in [0.1, 0.15) is 69.0 Å². The summed E-state index contributed by atoms with van der Waals surface area (Å²) in [7, 11) is 0. The van der Waals surface area contributed by atoms with Crippen molar-refractivity contribution >= 4 is 28.5 Å². The van der Waals surface area contributed by atoms with Gasteiger partial charge in [-0.15, -0.1) is 0 Å². The maximum atomic E-state index is 13.5. The molecule has 3 atom stereocenters. The van der Waals surface area contributed by atoms with Gasteiger partial charge in [0.1, 0.15) is 11.8 Å². The first kappa shape index (κ1) is 30.2. The van der Waals surface area contributed by atoms with Crippen LogP contribution in [-0.2, 0) is 20.8 Å². The maximum absolute atomic E-state index is 13.5. The zero-order valence-electron chi connectivity index (χ0n) is 24.9. The van der Waals surface area contributed by atoms with Crippen LogP contribution < -0.4 is 16.0 Å². The number of rotatable bonds is 14. The average molecular weight is 579 g/mol. The smallest absolute Gasteiger partial charge is 0.242 e. The number of carbonyl (C=O) groups excluding carboxylic acids is 3. The van der Waals surface area contributed by atoms with Crippen LogP contribution in [0.2, 0.25) is 0 Å². The summed E-state index contributed by atoms with van der Waals surface area (Å²) in [4.78, 5) is 41.7. The van der Waals surface area contributed by atoms with E-state index in [1.807, 2.05) is 48.5 Å². The van der Waals surface area contributed by atoms with Gasteiger partial charge in [-0.2, -0.15) is 0 Å². The first-order valence-electron chi connectivity index (χ1n) is 15.5. The fourth-order valence-electron chi connectivity index (χ4n) is 6.08. The molecule has 1 saturated heterocycles. The Morgan fingerprint density at radius 2 is 1.58 bits per heavy atom. The second-order valence-corrected chi connectivity index (χ2v) is 11.6. The zero-order valence-corrected chi connectivity index (χ0v) is 24.9. The SMILES string of the molecule is CC(=O)CCCCC[C@H](NC(=O)[C@H]1CC[C@@H](c2ccccc2)N1)C(=O)NCCc1c(-c2ccccc2)[nH]c2ccccc12. The number of fused-ring (bicyclic) bond motifs is 1. The molecule has 2 amide bonds. The molecule has 1 aliphatic rings. The number of hydrogen-bond donors (Lipinski definition) is 4. The molecule has 5 rings (SSSR count). The second-order valence-electron chi connectivity index (χ2n) is 11.6. The molecule has 1 fully saturated rings. The Labute approximate surface area is 253 Å². The van der Waals surface area contributed by atoms with Crippen LogP contribution in [-0.4, -0.2) is 41.2 Å². The second kappa shape index (κ2) is 14.8. The third-order valence-electron chi connectivity index (χ3n) is 8.37. The summed E-state index contributed by atoms with van der Waals surface area (Å²) in [5, 5.41) is 10.8. The number of nitrogens with one attached hydrogen (secondary N) is 4. The van der Waals surface area contributed by atoms with Crippen molar-refractivity contribution in [3.05, 3.63) is 96.1 Å². The molecule has 224 valence electrons. The molecule has 0 spiro atoms. The number of benzene rings is 3. The van der Waals surface area contributed by atoms with E-state index in [1.54, 1.807) is 6.92 Å². The molecule has 4 aromatic rings. The molecule has 0 radical (unpaired) electrons. The summed E-state index contributed by atoms with van der Waals surface area (Å²) >= 11 is 0. The van der Waals surface area contributed by atoms with E-state index in [0.29, 0.717) is 25.8 Å². The summed E-state index contributed by atoms with van der Waals surface area (Å²) in [6.07, 6.45) is 5.73. The third kappa shape index (κ3) is 7.99. The number of aromatic amines is 1. The number of unbranched alkanes of at least 4 members (excludes halogenated alkanes) is 2. The molecular formula is C36H42N4O3. The monoisotopic (exact) mass is 578 g/mol. The standard InChI is InChI=1S/C36H42N4O3/c1-25(41)13-5-2-10-20-32(40-36(43)33-22-21-30(38-33)26-14-6-3-7-15-26)35(42)37-24-23-29-28-18-11-12-19-31(28)39-34(29)27-16-8-4-9-17-27/h3-4,6-9,11-12,14-19,30,32-33,38-39H,2,5,10,13,20-24H2,1H3,(H,37,42)(H,40,43)/t30-,32-,33+/m0/s1. The Balaban J connectivity index is 1.22. The fraction of sp³-hybridized carbons (Fsp3) is 0.361. The summed E-state index contributed by atoms with van der Waals surface area (Å²) in [6.45, 7) is 2.06. The highest BCUT2D eigenvalue weighted by molar-refractivity contribution is 5.92. The van der Waals surface area contributed by atoms with Crippen LogP contribution in [0.15, 0.2) is 84.9 Å². The van der Waals surface area contributed by atoms with E-state index in [2.05, 4.69) is 57.3 Å². The Morgan fingerprint density at radius 3 is 2.35 bits per heavy atom. The van der Waals surface area contributed by atoms with Gasteiger partial charge in [-0.25, -0.2) is 0 Å². The van der Waals surface area contributed by atoms with Gasteiger partial charge in [0.05, 0.1) is 6.04 Å². The van der Waals surface area contributed by atoms with Crippen LogP contribution in [0.4, 0.5) is 0 Å². The lowest BCUT2D eigenvalue weighted by Gasteiger charge is -2.21. The highest BCUT2D eigenvalue weighted by Gasteiger charge is 2.32. The normalized spacial score (nSPS) is 17.0. The van der Waals surface area contributed by atoms with Crippen molar-refractivity contribution in [1.29, 1.82) is 0 Å². The number of H-pyrrole nitrogens is 1. The average Bonchev–Trinajstić information content (AvgIpc) is 3.67. The fourth-order valence-corrected chi connectivity index (χ4v) is 6.08. The quantitative estimate of drug-likeness (QED) is 0.138. The van der Waals surface area contributed by atoms with E-state index in [-0.39, 0.29) is 29.7 Å². The molecule has 2 heterocycles. The highest BCUT2D eigenvalue weighted by atomic mass is 16.2. The van der Waals surface area contributed by atoms with E-state index >= 15 is 0 Å². The molecule has 7 nitrogen and oxygen atoms in total. The van der Waals surface area contributed by atoms with Crippen LogP contribution in [0.25, 0.3) is 22.2 Å². The first-order valence-corrected chi connectivity index (χ1v) is 15.5. The number of hydrogen-bond acceptors (Lipinski definition) is 4. The number of amides is 2. The van der Waals surface area contributed by atoms with E-state index in [9.17, 15) is 14.4 Å². The Morgan fingerprint density at radius 1 is 0.860 bits per heavy atom. The van der Waals surface area contributed by atoms with Gasteiger partial charge >= 0.3 is 0 Å². The molecule has 4 N–H and O–H groups in total. The minimum Gasteiger partial charge on any atom is -0.354 e. The van der Waals surface area contributed by atoms with Crippen LogP contribution >= 0.6 is 0 Å². The molecular weight excluding hydrogens is 536 g/mol. The third-order valence-corrected chi connectivity index (χ3v) is 8.37. The van der Waals surface area contributed by atoms with Gasteiger partial charge in [0.2, 0.25) is 11.8 Å². The summed E-state index contributed by atoms with van der Waals surface area (Å²) in [6, 6.07) is 27.8. The van der Waals surface area contributed by atoms with Crippen molar-refractivity contribution in [3.8, 4) is 11.3 Å². The topological polar surface area (TPSA) is 103 Å². The lowest BCUT2D eigenvalue weighted by molar-refractivity contribution is -0.130. The number of carbonyl (C=O) groups is 3. The predicted octanol–water partition coefficient (Wildman–Crippen LogP) is 6.01. The van der Waals surface area contributed by atoms with E-state index in [1.165, 1.54) is 5.56 Å². The maximum Gasteiger partial charge on any atom is 0.242 e. The van der Waals surface area contributed by atoms with Crippen molar-refractivity contribution in [2.75, 3.05) is 6.54 Å². The van der Waals surface area contributed by atoms with Gasteiger partial charge < -0.3 is 20.4 Å². The number of ketones is 1. The van der Waals surface area contributed by atoms with Gasteiger partial charge in [0.25, 0.3) is 0 Å². The molecule has 1 aliphatic heterocycles. The molecule has 3 aromatic carbocycles. The lowest BCUT2D eigenvalue weighted by atomic mass is 10.0. The summed E-state index contributed by atoms with van der Waals surface area (Å²) < 4.78 is 0. The summed E-state index contributed by atoms with van der Waals surface area (Å²) in [5.74, 6) is -0.126. The first-order chi connectivity index (χ1) is 21.0. The number of para-hydroxylation sites is 1. The van der Waals surface area contributed by atoms with Crippen molar-refractivity contribution in [2.24, 2.45) is 0 Å². The largest absolute Gasteiger partial charge is 0.354 e. The molecule has 0 aliphatic carbocycles. The van der Waals surface area contributed by atoms with E-state index in [4.69, 9.17) is 0 Å². The minimum absolute atomic E-state index is 0.130. The van der Waals surface area contributed by atoms with Crippen LogP contribution in [0, 0.1) is 0 Å². The molecule has 0 bridgehead atoms. The van der Waals surface area contributed by atoms with E-state index < -0.39 is 6.04 Å². The van der Waals surface area contributed by atoms with Crippen molar-refractivity contribution < 1.29 is 14.4 Å². The van der Waals surface area contributed by atoms with Gasteiger partial charge in [0, 0.05) is 35.6 Å². The van der Waals surface area contributed by atoms with Gasteiger partial charge in [-0.3, -0.25) is 14.9 Å². The minimum atomic E-state index is -0.626. The predicted molar refractivity (Wildman–Crippen MR) is 171 cm³/mol. The van der Waals surface area contributed by atoms with Crippen molar-refractivity contribution in [3.63, 3.8) is 0 Å². The zero-order chi connectivity index (χ0) is 30.0. The van der Waals surface area contributed by atoms with Crippen LogP contribution in [0.5, 0.6) is 0 Å². The Kier molecular flexibility index (Phi) is 10.4. The Bertz CT molecular complexity index is 1520. The molecule has 0 unspecified atom stereocenters. The lowest BCUT2D eigenvalue weighted by Crippen LogP contribution is -2.51. The van der Waals surface area contributed by atoms with Crippen molar-refractivity contribution in [1.82, 2.24) is 20.9 Å². The van der Waals surface area contributed by atoms with E-state index in [0.717, 1.165) is 59.8 Å². The van der Waals surface area contributed by atoms with Gasteiger partial charge in [0.15, 0.2) is 0 Å². The van der Waals surface area contributed by atoms with Crippen molar-refractivity contribution in [2.45, 2.75) is 76.4 Å².